The average Bonchev–Trinajstić information content (AvgIpc) is 2.91. The van der Waals surface area contributed by atoms with Crippen LogP contribution < -0.4 is 10.1 Å². The Balaban J connectivity index is 1.85. The second-order valence-electron chi connectivity index (χ2n) is 5.33. The van der Waals surface area contributed by atoms with Crippen molar-refractivity contribution < 1.29 is 4.74 Å². The van der Waals surface area contributed by atoms with Crippen LogP contribution in [0.1, 0.15) is 29.7 Å². The van der Waals surface area contributed by atoms with Gasteiger partial charge in [0.15, 0.2) is 0 Å². The zero-order valence-electron chi connectivity index (χ0n) is 12.1. The lowest BCUT2D eigenvalue weighted by Gasteiger charge is -2.23. The molecule has 0 amide bonds. The first kappa shape index (κ1) is 13.2. The summed E-state index contributed by atoms with van der Waals surface area (Å²) in [4.78, 5) is 0. The van der Waals surface area contributed by atoms with Gasteiger partial charge in [0.25, 0.3) is 0 Å². The molecule has 1 aliphatic heterocycles. The summed E-state index contributed by atoms with van der Waals surface area (Å²) in [5, 5.41) is 3.42. The van der Waals surface area contributed by atoms with Gasteiger partial charge in [-0.25, -0.2) is 0 Å². The molecule has 0 saturated carbocycles. The Bertz CT molecular complexity index is 568. The van der Waals surface area contributed by atoms with Gasteiger partial charge < -0.3 is 10.1 Å². The minimum absolute atomic E-state index is 0.171. The third kappa shape index (κ3) is 2.44. The van der Waals surface area contributed by atoms with Crippen molar-refractivity contribution in [1.29, 1.82) is 0 Å². The van der Waals surface area contributed by atoms with Gasteiger partial charge in [-0.05, 0) is 36.2 Å². The monoisotopic (exact) mass is 267 g/mol. The average molecular weight is 267 g/mol. The van der Waals surface area contributed by atoms with Crippen LogP contribution in [0.15, 0.2) is 48.5 Å². The summed E-state index contributed by atoms with van der Waals surface area (Å²) < 4.78 is 6.13. The van der Waals surface area contributed by atoms with E-state index in [1.807, 2.05) is 13.1 Å². The number of likely N-dealkylation sites (N-methyl/N-ethyl adjacent to an activating group) is 1. The van der Waals surface area contributed by atoms with E-state index in [4.69, 9.17) is 4.74 Å². The highest BCUT2D eigenvalue weighted by molar-refractivity contribution is 5.39. The Hall–Kier alpha value is -1.80. The summed E-state index contributed by atoms with van der Waals surface area (Å²) in [6.45, 7) is 2.19. The van der Waals surface area contributed by atoms with Gasteiger partial charge in [-0.2, -0.15) is 0 Å². The maximum Gasteiger partial charge on any atom is 0.123 e. The highest BCUT2D eigenvalue weighted by Gasteiger charge is 2.30. The smallest absolute Gasteiger partial charge is 0.123 e. The largest absolute Gasteiger partial charge is 0.488 e. The number of fused-ring (bicyclic) bond motifs is 1. The van der Waals surface area contributed by atoms with Crippen molar-refractivity contribution >= 4 is 0 Å². The Morgan fingerprint density at radius 2 is 2.05 bits per heavy atom. The fraction of sp³-hybridized carbons (Fsp3) is 0.333. The SMILES string of the molecule is CCc1cccc(C(NC)C2Cc3ccccc3O2)c1. The number of para-hydroxylation sites is 1. The Morgan fingerprint density at radius 1 is 1.20 bits per heavy atom. The van der Waals surface area contributed by atoms with Crippen LogP contribution in [0.25, 0.3) is 0 Å². The molecular formula is C18H21NO. The molecule has 2 atom stereocenters. The van der Waals surface area contributed by atoms with Crippen LogP contribution in [-0.4, -0.2) is 13.2 Å². The van der Waals surface area contributed by atoms with E-state index in [0.29, 0.717) is 0 Å². The van der Waals surface area contributed by atoms with Gasteiger partial charge in [-0.3, -0.25) is 0 Å². The fourth-order valence-electron chi connectivity index (χ4n) is 2.97. The van der Waals surface area contributed by atoms with E-state index in [0.717, 1.165) is 18.6 Å². The first-order valence-corrected chi connectivity index (χ1v) is 7.32. The number of hydrogen-bond acceptors (Lipinski definition) is 2. The molecule has 2 aromatic carbocycles. The number of benzene rings is 2. The molecule has 0 bridgehead atoms. The first-order chi connectivity index (χ1) is 9.81. The third-order valence-corrected chi connectivity index (χ3v) is 4.07. The van der Waals surface area contributed by atoms with Crippen LogP contribution in [0.4, 0.5) is 0 Å². The molecule has 20 heavy (non-hydrogen) atoms. The van der Waals surface area contributed by atoms with E-state index in [2.05, 4.69) is 54.7 Å². The Kier molecular flexibility index (Phi) is 3.75. The fourth-order valence-corrected chi connectivity index (χ4v) is 2.97. The van der Waals surface area contributed by atoms with Gasteiger partial charge in [0.05, 0.1) is 6.04 Å². The summed E-state index contributed by atoms with van der Waals surface area (Å²) in [6.07, 6.45) is 2.21. The number of aryl methyl sites for hydroxylation is 1. The maximum atomic E-state index is 6.13. The molecule has 3 rings (SSSR count). The van der Waals surface area contributed by atoms with Gasteiger partial charge in [-0.1, -0.05) is 49.4 Å². The van der Waals surface area contributed by atoms with Crippen LogP contribution in [0, 0.1) is 0 Å². The third-order valence-electron chi connectivity index (χ3n) is 4.07. The van der Waals surface area contributed by atoms with Crippen molar-refractivity contribution in [3.63, 3.8) is 0 Å². The zero-order valence-corrected chi connectivity index (χ0v) is 12.1. The van der Waals surface area contributed by atoms with Crippen LogP contribution >= 0.6 is 0 Å². The van der Waals surface area contributed by atoms with Crippen molar-refractivity contribution in [1.82, 2.24) is 5.32 Å². The van der Waals surface area contributed by atoms with Crippen molar-refractivity contribution in [2.24, 2.45) is 0 Å². The zero-order chi connectivity index (χ0) is 13.9. The molecule has 0 spiro atoms. The van der Waals surface area contributed by atoms with Crippen molar-refractivity contribution in [3.8, 4) is 5.75 Å². The number of hydrogen-bond donors (Lipinski definition) is 1. The second-order valence-corrected chi connectivity index (χ2v) is 5.33. The van der Waals surface area contributed by atoms with Crippen LogP contribution in [0.3, 0.4) is 0 Å². The van der Waals surface area contributed by atoms with E-state index in [1.54, 1.807) is 0 Å². The standard InChI is InChI=1S/C18H21NO/c1-3-13-7-6-9-15(11-13)18(19-2)17-12-14-8-4-5-10-16(14)20-17/h4-11,17-19H,3,12H2,1-2H3. The molecule has 2 unspecified atom stereocenters. The predicted molar refractivity (Wildman–Crippen MR) is 82.2 cm³/mol. The van der Waals surface area contributed by atoms with Gasteiger partial charge in [0, 0.05) is 6.42 Å². The van der Waals surface area contributed by atoms with Crippen molar-refractivity contribution in [2.45, 2.75) is 31.9 Å². The molecule has 1 heterocycles. The Morgan fingerprint density at radius 3 is 2.80 bits per heavy atom. The van der Waals surface area contributed by atoms with Gasteiger partial charge in [0.1, 0.15) is 11.9 Å². The lowest BCUT2D eigenvalue weighted by molar-refractivity contribution is 0.183. The van der Waals surface area contributed by atoms with Crippen LogP contribution in [-0.2, 0) is 12.8 Å². The van der Waals surface area contributed by atoms with Crippen molar-refractivity contribution in [3.05, 3.63) is 65.2 Å². The molecule has 0 aromatic heterocycles. The predicted octanol–water partition coefficient (Wildman–Crippen LogP) is 3.51. The lowest BCUT2D eigenvalue weighted by atomic mass is 9.96. The summed E-state index contributed by atoms with van der Waals surface area (Å²) in [6, 6.07) is 17.4. The lowest BCUT2D eigenvalue weighted by Crippen LogP contribution is -2.32. The number of rotatable bonds is 4. The van der Waals surface area contributed by atoms with E-state index in [-0.39, 0.29) is 12.1 Å². The number of nitrogens with one attached hydrogen (secondary N) is 1. The van der Waals surface area contributed by atoms with E-state index < -0.39 is 0 Å². The Labute approximate surface area is 120 Å². The molecule has 0 radical (unpaired) electrons. The molecule has 2 aromatic rings. The molecule has 2 nitrogen and oxygen atoms in total. The minimum Gasteiger partial charge on any atom is -0.488 e. The normalized spacial score (nSPS) is 18.4. The molecule has 1 N–H and O–H groups in total. The molecule has 0 saturated heterocycles. The van der Waals surface area contributed by atoms with Crippen LogP contribution in [0.5, 0.6) is 5.75 Å². The highest BCUT2D eigenvalue weighted by Crippen LogP contribution is 2.34. The first-order valence-electron chi connectivity index (χ1n) is 7.32. The molecular weight excluding hydrogens is 246 g/mol. The number of ether oxygens (including phenoxy) is 1. The quantitative estimate of drug-likeness (QED) is 0.915. The minimum atomic E-state index is 0.171. The van der Waals surface area contributed by atoms with E-state index >= 15 is 0 Å². The topological polar surface area (TPSA) is 21.3 Å². The molecule has 0 aliphatic carbocycles. The summed E-state index contributed by atoms with van der Waals surface area (Å²) in [5.41, 5.74) is 3.99. The van der Waals surface area contributed by atoms with E-state index in [1.165, 1.54) is 16.7 Å². The molecule has 104 valence electrons. The second kappa shape index (κ2) is 5.68. The van der Waals surface area contributed by atoms with Gasteiger partial charge in [0.2, 0.25) is 0 Å². The van der Waals surface area contributed by atoms with Crippen LogP contribution in [0.2, 0.25) is 0 Å². The summed E-state index contributed by atoms with van der Waals surface area (Å²) >= 11 is 0. The summed E-state index contributed by atoms with van der Waals surface area (Å²) in [5.74, 6) is 1.03. The summed E-state index contributed by atoms with van der Waals surface area (Å²) in [7, 11) is 2.01. The highest BCUT2D eigenvalue weighted by atomic mass is 16.5. The van der Waals surface area contributed by atoms with E-state index in [9.17, 15) is 0 Å². The molecule has 2 heteroatoms. The van der Waals surface area contributed by atoms with Gasteiger partial charge >= 0.3 is 0 Å². The maximum absolute atomic E-state index is 6.13. The molecule has 1 aliphatic rings. The molecule has 0 fully saturated rings. The van der Waals surface area contributed by atoms with Crippen molar-refractivity contribution in [2.75, 3.05) is 7.05 Å². The van der Waals surface area contributed by atoms with Gasteiger partial charge in [-0.15, -0.1) is 0 Å².